The van der Waals surface area contributed by atoms with Gasteiger partial charge in [0.15, 0.2) is 5.76 Å². The SMILES string of the molecule is C=C(O[Si](C)(C)C)C(=[N+]=[N-])C(=O)Cc1ccc([N+](=O)[O-])cc1. The standard InChI is InChI=1S/C14H17N3O4Si/c1-10(21-22(2,3)4)14(16-15)13(18)9-11-5-7-12(8-6-11)17(19)20/h5-8H,1,9H2,2-4H3. The van der Waals surface area contributed by atoms with Gasteiger partial charge in [0.1, 0.15) is 0 Å². The molecular weight excluding hydrogens is 302 g/mol. The molecule has 1 aromatic carbocycles. The highest BCUT2D eigenvalue weighted by atomic mass is 28.4. The van der Waals surface area contributed by atoms with E-state index in [1.807, 2.05) is 19.6 Å². The average Bonchev–Trinajstić information content (AvgIpc) is 2.37. The second-order valence-corrected chi connectivity index (χ2v) is 10.0. The molecule has 0 aliphatic rings. The third-order valence-corrected chi connectivity index (χ3v) is 3.43. The van der Waals surface area contributed by atoms with Crippen LogP contribution < -0.4 is 0 Å². The number of hydrogen-bond donors (Lipinski definition) is 0. The Hall–Kier alpha value is -2.57. The number of non-ortho nitro benzene ring substituents is 1. The maximum Gasteiger partial charge on any atom is 0.397 e. The van der Waals surface area contributed by atoms with Crippen LogP contribution in [0.1, 0.15) is 5.56 Å². The summed E-state index contributed by atoms with van der Waals surface area (Å²) in [5, 5.41) is 10.6. The molecule has 0 atom stereocenters. The van der Waals surface area contributed by atoms with Crippen molar-refractivity contribution in [3.8, 4) is 0 Å². The Morgan fingerprint density at radius 3 is 2.32 bits per heavy atom. The lowest BCUT2D eigenvalue weighted by atomic mass is 10.0. The number of allylic oxidation sites excluding steroid dienone is 1. The first kappa shape index (κ1) is 17.5. The molecule has 0 spiro atoms. The van der Waals surface area contributed by atoms with Crippen LogP contribution in [0.15, 0.2) is 36.6 Å². The molecule has 7 nitrogen and oxygen atoms in total. The zero-order valence-corrected chi connectivity index (χ0v) is 13.7. The Morgan fingerprint density at radius 1 is 1.36 bits per heavy atom. The highest BCUT2D eigenvalue weighted by Gasteiger charge is 2.29. The van der Waals surface area contributed by atoms with Gasteiger partial charge in [-0.3, -0.25) is 14.9 Å². The molecule has 0 unspecified atom stereocenters. The molecule has 8 heteroatoms. The fraction of sp³-hybridized carbons (Fsp3) is 0.286. The fourth-order valence-electron chi connectivity index (χ4n) is 1.69. The molecule has 1 aromatic rings. The van der Waals surface area contributed by atoms with Crippen LogP contribution in [0.2, 0.25) is 19.6 Å². The van der Waals surface area contributed by atoms with Crippen LogP contribution in [0.3, 0.4) is 0 Å². The third-order valence-electron chi connectivity index (χ3n) is 2.57. The normalized spacial score (nSPS) is 10.5. The van der Waals surface area contributed by atoms with Crippen LogP contribution in [0, 0.1) is 10.1 Å². The van der Waals surface area contributed by atoms with E-state index in [9.17, 15) is 14.9 Å². The number of Topliss-reactive ketones (excluding diaryl/α,β-unsaturated/α-hetero) is 1. The lowest BCUT2D eigenvalue weighted by molar-refractivity contribution is -0.384. The van der Waals surface area contributed by atoms with Crippen molar-refractivity contribution in [3.63, 3.8) is 0 Å². The van der Waals surface area contributed by atoms with E-state index in [4.69, 9.17) is 9.96 Å². The summed E-state index contributed by atoms with van der Waals surface area (Å²) in [6.07, 6.45) is -0.0640. The van der Waals surface area contributed by atoms with Gasteiger partial charge in [-0.05, 0) is 31.8 Å². The van der Waals surface area contributed by atoms with Crippen LogP contribution in [-0.4, -0.2) is 29.5 Å². The molecule has 0 saturated carbocycles. The van der Waals surface area contributed by atoms with Gasteiger partial charge in [-0.1, -0.05) is 12.1 Å². The molecule has 116 valence electrons. The molecule has 0 amide bonds. The Bertz CT molecular complexity index is 656. The van der Waals surface area contributed by atoms with Crippen molar-refractivity contribution in [1.82, 2.24) is 0 Å². The van der Waals surface area contributed by atoms with Crippen LogP contribution >= 0.6 is 0 Å². The van der Waals surface area contributed by atoms with E-state index in [-0.39, 0.29) is 23.6 Å². The Kier molecular flexibility index (Phi) is 5.50. The zero-order chi connectivity index (χ0) is 16.9. The number of carbonyl (C=O) groups excluding carboxylic acids is 1. The molecule has 1 rings (SSSR count). The summed E-state index contributed by atoms with van der Waals surface area (Å²) < 4.78 is 5.54. The van der Waals surface area contributed by atoms with Crippen molar-refractivity contribution < 1.29 is 18.9 Å². The summed E-state index contributed by atoms with van der Waals surface area (Å²) in [6.45, 7) is 9.35. The summed E-state index contributed by atoms with van der Waals surface area (Å²) >= 11 is 0. The maximum atomic E-state index is 12.1. The smallest absolute Gasteiger partial charge is 0.397 e. The second kappa shape index (κ2) is 6.93. The molecule has 0 saturated heterocycles. The van der Waals surface area contributed by atoms with Crippen molar-refractivity contribution in [3.05, 3.63) is 57.8 Å². The molecule has 0 heterocycles. The van der Waals surface area contributed by atoms with Gasteiger partial charge in [0.05, 0.1) is 4.92 Å². The lowest BCUT2D eigenvalue weighted by Gasteiger charge is -2.18. The predicted octanol–water partition coefficient (Wildman–Crippen LogP) is 2.74. The number of ketones is 1. The topological polar surface area (TPSA) is 106 Å². The highest BCUT2D eigenvalue weighted by molar-refractivity contribution is 6.70. The number of rotatable bonds is 7. The second-order valence-electron chi connectivity index (χ2n) is 5.61. The summed E-state index contributed by atoms with van der Waals surface area (Å²) in [7, 11) is -1.98. The predicted molar refractivity (Wildman–Crippen MR) is 84.0 cm³/mol. The molecule has 0 aromatic heterocycles. The largest absolute Gasteiger partial charge is 0.539 e. The van der Waals surface area contributed by atoms with Crippen LogP contribution in [0.5, 0.6) is 0 Å². The van der Waals surface area contributed by atoms with Crippen molar-refractivity contribution in [2.75, 3.05) is 0 Å². The van der Waals surface area contributed by atoms with Crippen LogP contribution in [0.4, 0.5) is 5.69 Å². The van der Waals surface area contributed by atoms with E-state index in [0.29, 0.717) is 5.56 Å². The van der Waals surface area contributed by atoms with Gasteiger partial charge in [-0.2, -0.15) is 4.79 Å². The maximum absolute atomic E-state index is 12.1. The zero-order valence-electron chi connectivity index (χ0n) is 12.7. The van der Waals surface area contributed by atoms with E-state index in [1.54, 1.807) is 0 Å². The van der Waals surface area contributed by atoms with E-state index in [2.05, 4.69) is 11.4 Å². The molecule has 22 heavy (non-hydrogen) atoms. The summed E-state index contributed by atoms with van der Waals surface area (Å²) in [4.78, 5) is 25.2. The molecule has 0 fully saturated rings. The van der Waals surface area contributed by atoms with E-state index in [0.717, 1.165) is 0 Å². The first-order valence-electron chi connectivity index (χ1n) is 6.51. The number of nitro groups is 1. The fourth-order valence-corrected chi connectivity index (χ4v) is 2.53. The van der Waals surface area contributed by atoms with E-state index < -0.39 is 19.0 Å². The summed E-state index contributed by atoms with van der Waals surface area (Å²) in [5.41, 5.74) is 9.29. The Morgan fingerprint density at radius 2 is 1.91 bits per heavy atom. The number of hydrogen-bond acceptors (Lipinski definition) is 4. The minimum absolute atomic E-state index is 0.0357. The highest BCUT2D eigenvalue weighted by Crippen LogP contribution is 2.14. The van der Waals surface area contributed by atoms with Gasteiger partial charge < -0.3 is 9.96 Å². The minimum atomic E-state index is -1.98. The van der Waals surface area contributed by atoms with Gasteiger partial charge in [-0.15, -0.1) is 0 Å². The van der Waals surface area contributed by atoms with Crippen molar-refractivity contribution >= 4 is 25.5 Å². The average molecular weight is 319 g/mol. The van der Waals surface area contributed by atoms with Gasteiger partial charge >= 0.3 is 5.71 Å². The third kappa shape index (κ3) is 5.08. The first-order valence-corrected chi connectivity index (χ1v) is 9.92. The van der Waals surface area contributed by atoms with Crippen molar-refractivity contribution in [2.24, 2.45) is 0 Å². The van der Waals surface area contributed by atoms with Gasteiger partial charge in [-0.25, -0.2) is 0 Å². The van der Waals surface area contributed by atoms with Gasteiger partial charge in [0, 0.05) is 18.6 Å². The minimum Gasteiger partial charge on any atom is -0.539 e. The van der Waals surface area contributed by atoms with Gasteiger partial charge in [0.2, 0.25) is 8.32 Å². The summed E-state index contributed by atoms with van der Waals surface area (Å²) in [5.74, 6) is -0.437. The molecule has 0 aliphatic heterocycles. The van der Waals surface area contributed by atoms with E-state index in [1.165, 1.54) is 24.3 Å². The number of nitrogens with zero attached hydrogens (tertiary/aromatic N) is 3. The molecular formula is C14H17N3O4Si. The quantitative estimate of drug-likeness (QED) is 0.146. The van der Waals surface area contributed by atoms with Crippen molar-refractivity contribution in [1.29, 1.82) is 0 Å². The Labute approximate surface area is 129 Å². The van der Waals surface area contributed by atoms with Gasteiger partial charge in [0.25, 0.3) is 11.5 Å². The number of nitro benzene ring substituents is 1. The monoisotopic (exact) mass is 319 g/mol. The lowest BCUT2D eigenvalue weighted by Crippen LogP contribution is -2.30. The molecule has 0 radical (unpaired) electrons. The number of carbonyl (C=O) groups is 1. The molecule has 0 aliphatic carbocycles. The summed E-state index contributed by atoms with van der Waals surface area (Å²) in [6, 6.07) is 5.58. The van der Waals surface area contributed by atoms with Crippen LogP contribution in [0.25, 0.3) is 5.53 Å². The number of benzene rings is 1. The molecule has 0 bridgehead atoms. The van der Waals surface area contributed by atoms with E-state index >= 15 is 0 Å². The van der Waals surface area contributed by atoms with Crippen molar-refractivity contribution in [2.45, 2.75) is 26.1 Å². The first-order chi connectivity index (χ1) is 10.1. The molecule has 0 N–H and O–H groups in total. The van der Waals surface area contributed by atoms with Crippen LogP contribution in [-0.2, 0) is 15.6 Å². The Balaban J connectivity index is 2.84.